The Morgan fingerprint density at radius 3 is 2.21 bits per heavy atom. The van der Waals surface area contributed by atoms with Crippen molar-refractivity contribution in [2.75, 3.05) is 77.7 Å². The number of hydrogen-bond donors (Lipinski definition) is 4. The standard InChI is InChI=1S/C45H47F2N11O4/c46-41(47)32-11-16-49-37(26-32)51-44(61)30-3-1-29(2-4-30)40-39(42(48)60)43-50-36-10-9-35(25-31(36)14-20-58(43)53-40)56-23-21-54(22-24-56)27-28-12-17-55(18-13-28)33-5-7-34(8-6-33)57-19-15-38(59)52-45(57)62/h1-11,16,25-26,28,41,50H,12-15,17-24,27H2,(H2,48,60)(H,49,51,61)(H,52,59,62). The Morgan fingerprint density at radius 1 is 0.790 bits per heavy atom. The van der Waals surface area contributed by atoms with Crippen LogP contribution < -0.4 is 36.4 Å². The number of nitrogens with zero attached hydrogens (tertiary/aromatic N) is 7. The number of rotatable bonds is 10. The lowest BCUT2D eigenvalue weighted by atomic mass is 9.95. The van der Waals surface area contributed by atoms with E-state index in [0.29, 0.717) is 48.9 Å². The molecule has 15 nitrogen and oxygen atoms in total. The summed E-state index contributed by atoms with van der Waals surface area (Å²) < 4.78 is 28.0. The zero-order valence-electron chi connectivity index (χ0n) is 34.0. The molecule has 0 saturated carbocycles. The van der Waals surface area contributed by atoms with Crippen LogP contribution in [0.25, 0.3) is 11.3 Å². The highest BCUT2D eigenvalue weighted by Gasteiger charge is 2.29. The lowest BCUT2D eigenvalue weighted by Gasteiger charge is -2.40. The second-order valence-electron chi connectivity index (χ2n) is 16.2. The van der Waals surface area contributed by atoms with Gasteiger partial charge in [-0.25, -0.2) is 23.2 Å². The number of alkyl halides is 2. The van der Waals surface area contributed by atoms with Crippen LogP contribution in [0.4, 0.5) is 48.0 Å². The van der Waals surface area contributed by atoms with E-state index in [0.717, 1.165) is 93.0 Å². The summed E-state index contributed by atoms with van der Waals surface area (Å²) in [6.45, 7) is 7.83. The molecular formula is C45H47F2N11O4. The number of nitrogens with one attached hydrogen (secondary N) is 3. The second kappa shape index (κ2) is 17.2. The van der Waals surface area contributed by atoms with Gasteiger partial charge >= 0.3 is 6.03 Å². The smallest absolute Gasteiger partial charge is 0.328 e. The van der Waals surface area contributed by atoms with Crippen LogP contribution in [-0.2, 0) is 17.8 Å². The Morgan fingerprint density at radius 2 is 1.50 bits per heavy atom. The summed E-state index contributed by atoms with van der Waals surface area (Å²) in [6.07, 6.45) is 1.77. The Balaban J connectivity index is 0.780. The van der Waals surface area contributed by atoms with E-state index in [1.54, 1.807) is 33.8 Å². The number of anilines is 6. The van der Waals surface area contributed by atoms with Crippen LogP contribution in [-0.4, -0.2) is 95.8 Å². The molecule has 5 aromatic rings. The lowest BCUT2D eigenvalue weighted by Crippen LogP contribution is -2.49. The molecule has 4 aliphatic rings. The van der Waals surface area contributed by atoms with Crippen LogP contribution in [0.1, 0.15) is 57.5 Å². The number of benzene rings is 3. The molecule has 320 valence electrons. The van der Waals surface area contributed by atoms with Gasteiger partial charge in [-0.2, -0.15) is 5.10 Å². The van der Waals surface area contributed by atoms with Crippen molar-refractivity contribution in [3.8, 4) is 11.3 Å². The van der Waals surface area contributed by atoms with Gasteiger partial charge in [0, 0.05) is 111 Å². The van der Waals surface area contributed by atoms with Gasteiger partial charge in [-0.05, 0) is 97.5 Å². The maximum Gasteiger partial charge on any atom is 0.328 e. The number of halogens is 2. The average molecular weight is 844 g/mol. The molecule has 0 atom stereocenters. The molecule has 0 bridgehead atoms. The van der Waals surface area contributed by atoms with Crippen molar-refractivity contribution in [2.45, 2.75) is 38.7 Å². The summed E-state index contributed by atoms with van der Waals surface area (Å²) in [5, 5.41) is 13.2. The third-order valence-electron chi connectivity index (χ3n) is 12.3. The highest BCUT2D eigenvalue weighted by Crippen LogP contribution is 2.36. The first-order chi connectivity index (χ1) is 30.1. The molecule has 17 heteroatoms. The molecular weight excluding hydrogens is 797 g/mol. The molecule has 0 radical (unpaired) electrons. The summed E-state index contributed by atoms with van der Waals surface area (Å²) in [5.74, 6) is -0.234. The number of pyridine rings is 1. The second-order valence-corrected chi connectivity index (χ2v) is 16.2. The number of carbonyl (C=O) groups is 4. The monoisotopic (exact) mass is 843 g/mol. The maximum absolute atomic E-state index is 13.1. The predicted molar refractivity (Wildman–Crippen MR) is 232 cm³/mol. The Bertz CT molecular complexity index is 2500. The fourth-order valence-corrected chi connectivity index (χ4v) is 8.85. The molecule has 6 heterocycles. The highest BCUT2D eigenvalue weighted by atomic mass is 19.3. The van der Waals surface area contributed by atoms with E-state index in [1.165, 1.54) is 12.3 Å². The fourth-order valence-electron chi connectivity index (χ4n) is 8.85. The Kier molecular flexibility index (Phi) is 11.3. The first-order valence-corrected chi connectivity index (χ1v) is 21.0. The zero-order valence-corrected chi connectivity index (χ0v) is 34.0. The number of primary amides is 1. The number of aryl methyl sites for hydroxylation is 2. The van der Waals surface area contributed by atoms with E-state index in [9.17, 15) is 28.0 Å². The van der Waals surface area contributed by atoms with Crippen molar-refractivity contribution in [2.24, 2.45) is 11.7 Å². The van der Waals surface area contributed by atoms with E-state index in [-0.39, 0.29) is 34.4 Å². The molecule has 0 spiro atoms. The molecule has 62 heavy (non-hydrogen) atoms. The molecule has 3 saturated heterocycles. The van der Waals surface area contributed by atoms with Gasteiger partial charge in [0.25, 0.3) is 18.2 Å². The Labute approximate surface area is 356 Å². The topological polar surface area (TPSA) is 174 Å². The molecule has 5 N–H and O–H groups in total. The van der Waals surface area contributed by atoms with Gasteiger partial charge in [0.2, 0.25) is 5.91 Å². The van der Waals surface area contributed by atoms with E-state index >= 15 is 0 Å². The molecule has 0 unspecified atom stereocenters. The maximum atomic E-state index is 13.1. The van der Waals surface area contributed by atoms with Gasteiger partial charge in [0.05, 0.1) is 0 Å². The first kappa shape index (κ1) is 40.5. The molecule has 9 rings (SSSR count). The number of piperidine rings is 1. The molecule has 3 fully saturated rings. The number of imide groups is 1. The summed E-state index contributed by atoms with van der Waals surface area (Å²) in [4.78, 5) is 62.6. The van der Waals surface area contributed by atoms with E-state index in [4.69, 9.17) is 10.8 Å². The minimum Gasteiger partial charge on any atom is -0.372 e. The predicted octanol–water partition coefficient (Wildman–Crippen LogP) is 6.02. The van der Waals surface area contributed by atoms with E-state index in [1.807, 2.05) is 12.1 Å². The van der Waals surface area contributed by atoms with Gasteiger partial charge in [-0.1, -0.05) is 12.1 Å². The van der Waals surface area contributed by atoms with E-state index in [2.05, 4.69) is 66.0 Å². The van der Waals surface area contributed by atoms with Crippen LogP contribution in [0.2, 0.25) is 0 Å². The number of fused-ring (bicyclic) bond motifs is 2. The number of urea groups is 1. The molecule has 5 amide bonds. The molecule has 3 aromatic carbocycles. The zero-order chi connectivity index (χ0) is 42.9. The van der Waals surface area contributed by atoms with Crippen LogP contribution in [0.5, 0.6) is 0 Å². The first-order valence-electron chi connectivity index (χ1n) is 21.0. The van der Waals surface area contributed by atoms with Crippen molar-refractivity contribution in [1.29, 1.82) is 0 Å². The minimum absolute atomic E-state index is 0.0152. The van der Waals surface area contributed by atoms with Crippen LogP contribution in [0.15, 0.2) is 85.1 Å². The van der Waals surface area contributed by atoms with Gasteiger partial charge in [-0.3, -0.25) is 29.5 Å². The van der Waals surface area contributed by atoms with E-state index < -0.39 is 18.2 Å². The number of amides is 5. The summed E-state index contributed by atoms with van der Waals surface area (Å²) in [5.41, 5.74) is 12.3. The molecule has 4 aliphatic heterocycles. The molecule has 0 aliphatic carbocycles. The van der Waals surface area contributed by atoms with Crippen molar-refractivity contribution in [3.63, 3.8) is 0 Å². The van der Waals surface area contributed by atoms with Gasteiger partial charge in [0.15, 0.2) is 0 Å². The Hall–Kier alpha value is -6.88. The quantitative estimate of drug-likeness (QED) is 0.130. The SMILES string of the molecule is NC(=O)c1c(-c2ccc(C(=O)Nc3cc(C(F)F)ccn3)cc2)nn2c1Nc1ccc(N3CCN(CC4CCN(c5ccc(N6CCC(=O)NC6=O)cc5)CC4)CC3)cc1CC2. The largest absolute Gasteiger partial charge is 0.372 e. The van der Waals surface area contributed by atoms with Crippen molar-refractivity contribution >= 4 is 58.1 Å². The van der Waals surface area contributed by atoms with Gasteiger partial charge in [-0.15, -0.1) is 0 Å². The molecule has 2 aromatic heterocycles. The third-order valence-corrected chi connectivity index (χ3v) is 12.3. The normalized spacial score (nSPS) is 17.2. The third kappa shape index (κ3) is 8.52. The number of nitrogens with two attached hydrogens (primary N) is 1. The number of hydrogen-bond acceptors (Lipinski definition) is 10. The average Bonchev–Trinajstić information content (AvgIpc) is 3.55. The summed E-state index contributed by atoms with van der Waals surface area (Å²) in [6, 6.07) is 22.9. The van der Waals surface area contributed by atoms with Gasteiger partial charge < -0.3 is 26.2 Å². The van der Waals surface area contributed by atoms with Crippen LogP contribution in [0, 0.1) is 5.92 Å². The fraction of sp³-hybridized carbons (Fsp3) is 0.333. The number of piperazine rings is 1. The number of carbonyl (C=O) groups excluding carboxylic acids is 4. The van der Waals surface area contributed by atoms with Crippen molar-refractivity contribution in [3.05, 3.63) is 107 Å². The lowest BCUT2D eigenvalue weighted by molar-refractivity contribution is -0.120. The van der Waals surface area contributed by atoms with Crippen LogP contribution >= 0.6 is 0 Å². The summed E-state index contributed by atoms with van der Waals surface area (Å²) in [7, 11) is 0. The minimum atomic E-state index is -2.69. The number of aromatic nitrogens is 3. The summed E-state index contributed by atoms with van der Waals surface area (Å²) >= 11 is 0. The highest BCUT2D eigenvalue weighted by molar-refractivity contribution is 6.07. The van der Waals surface area contributed by atoms with Gasteiger partial charge in [0.1, 0.15) is 22.9 Å². The van der Waals surface area contributed by atoms with Crippen molar-refractivity contribution in [1.82, 2.24) is 25.0 Å². The van der Waals surface area contributed by atoms with Crippen LogP contribution in [0.3, 0.4) is 0 Å². The van der Waals surface area contributed by atoms with Crippen molar-refractivity contribution < 1.29 is 28.0 Å².